The van der Waals surface area contributed by atoms with Gasteiger partial charge in [-0.1, -0.05) is 13.8 Å². The van der Waals surface area contributed by atoms with Crippen LogP contribution >= 0.6 is 0 Å². The molecule has 0 atom stereocenters. The van der Waals surface area contributed by atoms with Gasteiger partial charge in [-0.25, -0.2) is 4.79 Å². The third-order valence-electron chi connectivity index (χ3n) is 4.42. The van der Waals surface area contributed by atoms with Crippen molar-refractivity contribution in [2.75, 3.05) is 24.5 Å². The molecule has 6 heteroatoms. The van der Waals surface area contributed by atoms with Gasteiger partial charge in [0.15, 0.2) is 0 Å². The summed E-state index contributed by atoms with van der Waals surface area (Å²) in [6, 6.07) is 6.96. The Labute approximate surface area is 131 Å². The molecule has 1 aliphatic heterocycles. The molecule has 1 aliphatic rings. The summed E-state index contributed by atoms with van der Waals surface area (Å²) in [5.41, 5.74) is 6.82. The summed E-state index contributed by atoms with van der Waals surface area (Å²) in [5, 5.41) is 5.79. The molecule has 1 aromatic rings. The molecule has 3 amide bonds. The van der Waals surface area contributed by atoms with E-state index in [2.05, 4.69) is 10.6 Å². The van der Waals surface area contributed by atoms with E-state index in [0.29, 0.717) is 25.2 Å². The van der Waals surface area contributed by atoms with E-state index in [1.807, 2.05) is 13.8 Å². The maximum atomic E-state index is 12.4. The Balaban J connectivity index is 2.09. The number of carbonyl (C=O) groups is 2. The van der Waals surface area contributed by atoms with Gasteiger partial charge in [0.05, 0.1) is 5.54 Å². The van der Waals surface area contributed by atoms with Crippen molar-refractivity contribution >= 4 is 17.6 Å². The van der Waals surface area contributed by atoms with Crippen LogP contribution in [0.1, 0.15) is 37.0 Å². The van der Waals surface area contributed by atoms with Gasteiger partial charge in [-0.15, -0.1) is 0 Å². The Morgan fingerprint density at radius 2 is 1.95 bits per heavy atom. The van der Waals surface area contributed by atoms with E-state index in [4.69, 9.17) is 5.73 Å². The molecular weight excluding hydrogens is 280 g/mol. The molecule has 0 bridgehead atoms. The molecule has 22 heavy (non-hydrogen) atoms. The second kappa shape index (κ2) is 6.79. The smallest absolute Gasteiger partial charge is 0.321 e. The van der Waals surface area contributed by atoms with Gasteiger partial charge in [-0.05, 0) is 37.1 Å². The number of nitrogens with two attached hydrogens (primary N) is 1. The Kier molecular flexibility index (Phi) is 5.03. The minimum absolute atomic E-state index is 0.101. The molecule has 2 rings (SSSR count). The van der Waals surface area contributed by atoms with Gasteiger partial charge in [0.25, 0.3) is 5.91 Å². The molecule has 1 heterocycles. The number of rotatable bonds is 6. The predicted octanol–water partition coefficient (Wildman–Crippen LogP) is 1.46. The van der Waals surface area contributed by atoms with Gasteiger partial charge < -0.3 is 16.4 Å². The molecule has 0 unspecified atom stereocenters. The number of nitrogens with zero attached hydrogens (tertiary/aromatic N) is 1. The van der Waals surface area contributed by atoms with E-state index < -0.39 is 0 Å². The average molecular weight is 304 g/mol. The van der Waals surface area contributed by atoms with Crippen molar-refractivity contribution in [3.63, 3.8) is 0 Å². The Bertz CT molecular complexity index is 529. The van der Waals surface area contributed by atoms with Crippen molar-refractivity contribution in [1.29, 1.82) is 0 Å². The summed E-state index contributed by atoms with van der Waals surface area (Å²) in [7, 11) is 0. The lowest BCUT2D eigenvalue weighted by atomic mass is 9.92. The summed E-state index contributed by atoms with van der Waals surface area (Å²) < 4.78 is 0. The van der Waals surface area contributed by atoms with E-state index in [1.54, 1.807) is 29.2 Å². The SMILES string of the molecule is CCC(CC)(CN)NC(=O)c1ccc(N2CCNC2=O)cc1. The van der Waals surface area contributed by atoms with E-state index in [-0.39, 0.29) is 17.5 Å². The van der Waals surface area contributed by atoms with Crippen molar-refractivity contribution in [2.45, 2.75) is 32.2 Å². The minimum atomic E-state index is -0.357. The van der Waals surface area contributed by atoms with E-state index >= 15 is 0 Å². The van der Waals surface area contributed by atoms with E-state index in [1.165, 1.54) is 0 Å². The molecule has 0 spiro atoms. The fourth-order valence-corrected chi connectivity index (χ4v) is 2.59. The molecule has 120 valence electrons. The summed E-state index contributed by atoms with van der Waals surface area (Å²) >= 11 is 0. The first-order valence-electron chi connectivity index (χ1n) is 7.73. The second-order valence-electron chi connectivity index (χ2n) is 5.58. The highest BCUT2D eigenvalue weighted by Crippen LogP contribution is 2.19. The summed E-state index contributed by atoms with van der Waals surface area (Å²) in [4.78, 5) is 25.7. The number of benzene rings is 1. The van der Waals surface area contributed by atoms with Crippen LogP contribution in [-0.4, -0.2) is 37.1 Å². The highest BCUT2D eigenvalue weighted by Gasteiger charge is 2.27. The Hall–Kier alpha value is -2.08. The number of nitrogens with one attached hydrogen (secondary N) is 2. The van der Waals surface area contributed by atoms with Crippen molar-refractivity contribution in [3.05, 3.63) is 29.8 Å². The van der Waals surface area contributed by atoms with Gasteiger partial charge in [0, 0.05) is 30.9 Å². The molecule has 1 aromatic carbocycles. The standard InChI is InChI=1S/C16H24N4O2/c1-3-16(4-2,11-17)19-14(21)12-5-7-13(8-6-12)20-10-9-18-15(20)22/h5-8H,3-4,9-11,17H2,1-2H3,(H,18,22)(H,19,21). The van der Waals surface area contributed by atoms with Crippen molar-refractivity contribution < 1.29 is 9.59 Å². The molecule has 1 saturated heterocycles. The van der Waals surface area contributed by atoms with Crippen LogP contribution in [0.3, 0.4) is 0 Å². The lowest BCUT2D eigenvalue weighted by Crippen LogP contribution is -2.52. The van der Waals surface area contributed by atoms with E-state index in [0.717, 1.165) is 18.5 Å². The number of carbonyl (C=O) groups excluding carboxylic acids is 2. The number of urea groups is 1. The zero-order valence-electron chi connectivity index (χ0n) is 13.2. The van der Waals surface area contributed by atoms with Crippen molar-refractivity contribution in [3.8, 4) is 0 Å². The van der Waals surface area contributed by atoms with Crippen LogP contribution in [0.2, 0.25) is 0 Å². The van der Waals surface area contributed by atoms with Gasteiger partial charge in [-0.3, -0.25) is 9.69 Å². The monoisotopic (exact) mass is 304 g/mol. The first-order valence-corrected chi connectivity index (χ1v) is 7.73. The second-order valence-corrected chi connectivity index (χ2v) is 5.58. The lowest BCUT2D eigenvalue weighted by molar-refractivity contribution is 0.0895. The van der Waals surface area contributed by atoms with Crippen LogP contribution in [0, 0.1) is 0 Å². The third-order valence-corrected chi connectivity index (χ3v) is 4.42. The molecule has 4 N–H and O–H groups in total. The summed E-state index contributed by atoms with van der Waals surface area (Å²) in [6.45, 7) is 5.74. The van der Waals surface area contributed by atoms with Crippen LogP contribution in [0.5, 0.6) is 0 Å². The van der Waals surface area contributed by atoms with Crippen LogP contribution in [0.4, 0.5) is 10.5 Å². The molecule has 0 aliphatic carbocycles. The quantitative estimate of drug-likeness (QED) is 0.743. The molecule has 0 radical (unpaired) electrons. The number of hydrogen-bond donors (Lipinski definition) is 3. The topological polar surface area (TPSA) is 87.5 Å². The van der Waals surface area contributed by atoms with Crippen LogP contribution in [-0.2, 0) is 0 Å². The Morgan fingerprint density at radius 3 is 2.41 bits per heavy atom. The van der Waals surface area contributed by atoms with Gasteiger partial charge in [0.1, 0.15) is 0 Å². The van der Waals surface area contributed by atoms with Crippen molar-refractivity contribution in [1.82, 2.24) is 10.6 Å². The predicted molar refractivity (Wildman–Crippen MR) is 87.0 cm³/mol. The first-order chi connectivity index (χ1) is 10.5. The van der Waals surface area contributed by atoms with Crippen LogP contribution < -0.4 is 21.3 Å². The normalized spacial score (nSPS) is 14.9. The average Bonchev–Trinajstić information content (AvgIpc) is 2.99. The summed E-state index contributed by atoms with van der Waals surface area (Å²) in [5.74, 6) is -0.133. The summed E-state index contributed by atoms with van der Waals surface area (Å²) in [6.07, 6.45) is 1.58. The Morgan fingerprint density at radius 1 is 1.32 bits per heavy atom. The zero-order chi connectivity index (χ0) is 16.2. The lowest BCUT2D eigenvalue weighted by Gasteiger charge is -2.31. The van der Waals surface area contributed by atoms with Gasteiger partial charge >= 0.3 is 6.03 Å². The van der Waals surface area contributed by atoms with Crippen LogP contribution in [0.15, 0.2) is 24.3 Å². The molecular formula is C16H24N4O2. The number of amides is 3. The zero-order valence-corrected chi connectivity index (χ0v) is 13.2. The van der Waals surface area contributed by atoms with Crippen LogP contribution in [0.25, 0.3) is 0 Å². The first kappa shape index (κ1) is 16.3. The number of anilines is 1. The number of hydrogen-bond acceptors (Lipinski definition) is 3. The maximum Gasteiger partial charge on any atom is 0.321 e. The molecule has 0 saturated carbocycles. The maximum absolute atomic E-state index is 12.4. The largest absolute Gasteiger partial charge is 0.345 e. The van der Waals surface area contributed by atoms with Gasteiger partial charge in [0.2, 0.25) is 0 Å². The third kappa shape index (κ3) is 3.22. The fraction of sp³-hybridized carbons (Fsp3) is 0.500. The van der Waals surface area contributed by atoms with Gasteiger partial charge in [-0.2, -0.15) is 0 Å². The fourth-order valence-electron chi connectivity index (χ4n) is 2.59. The highest BCUT2D eigenvalue weighted by atomic mass is 16.2. The van der Waals surface area contributed by atoms with Crippen molar-refractivity contribution in [2.24, 2.45) is 5.73 Å². The molecule has 6 nitrogen and oxygen atoms in total. The minimum Gasteiger partial charge on any atom is -0.345 e. The van der Waals surface area contributed by atoms with E-state index in [9.17, 15) is 9.59 Å². The molecule has 0 aromatic heterocycles. The highest BCUT2D eigenvalue weighted by molar-refractivity contribution is 5.97. The molecule has 1 fully saturated rings.